The first-order valence-corrected chi connectivity index (χ1v) is 5.75. The van der Waals surface area contributed by atoms with Crippen molar-refractivity contribution in [2.75, 3.05) is 18.4 Å². The summed E-state index contributed by atoms with van der Waals surface area (Å²) in [5, 5.41) is 17.5. The molecule has 0 unspecified atom stereocenters. The lowest BCUT2D eigenvalue weighted by molar-refractivity contribution is -0.127. The normalized spacial score (nSPS) is 19.1. The number of phenolic OH excluding ortho intramolecular Hbond substituents is 1. The summed E-state index contributed by atoms with van der Waals surface area (Å²) in [7, 11) is 0. The predicted octanol–water partition coefficient (Wildman–Crippen LogP) is -0.191. The Balaban J connectivity index is 1.88. The quantitative estimate of drug-likeness (QED) is 0.559. The van der Waals surface area contributed by atoms with Crippen LogP contribution in [0.5, 0.6) is 5.75 Å². The number of rotatable bonds is 3. The van der Waals surface area contributed by atoms with E-state index >= 15 is 0 Å². The molecule has 0 spiro atoms. The minimum Gasteiger partial charge on any atom is -0.508 e. The van der Waals surface area contributed by atoms with E-state index in [0.717, 1.165) is 0 Å². The van der Waals surface area contributed by atoms with Crippen LogP contribution in [0.2, 0.25) is 0 Å². The topological polar surface area (TPSA) is 90.5 Å². The van der Waals surface area contributed by atoms with Crippen LogP contribution >= 0.6 is 0 Å². The second-order valence-electron chi connectivity index (χ2n) is 4.10. The number of piperazine rings is 1. The zero-order chi connectivity index (χ0) is 13.0. The predicted molar refractivity (Wildman–Crippen MR) is 66.2 cm³/mol. The lowest BCUT2D eigenvalue weighted by atomic mass is 10.1. The van der Waals surface area contributed by atoms with Crippen LogP contribution in [0, 0.1) is 0 Å². The van der Waals surface area contributed by atoms with E-state index in [1.165, 1.54) is 12.1 Å². The van der Waals surface area contributed by atoms with Gasteiger partial charge in [0.1, 0.15) is 5.75 Å². The Morgan fingerprint density at radius 3 is 2.72 bits per heavy atom. The van der Waals surface area contributed by atoms with E-state index in [9.17, 15) is 9.59 Å². The molecule has 1 aromatic rings. The Labute approximate surface area is 104 Å². The molecule has 0 bridgehead atoms. The highest BCUT2D eigenvalue weighted by molar-refractivity contribution is 5.95. The van der Waals surface area contributed by atoms with Crippen LogP contribution in [-0.2, 0) is 9.59 Å². The maximum atomic E-state index is 11.7. The van der Waals surface area contributed by atoms with E-state index in [4.69, 9.17) is 5.11 Å². The van der Waals surface area contributed by atoms with E-state index in [1.54, 1.807) is 12.1 Å². The molecule has 1 atom stereocenters. The summed E-state index contributed by atoms with van der Waals surface area (Å²) in [4.78, 5) is 23.2. The van der Waals surface area contributed by atoms with Gasteiger partial charge in [-0.15, -0.1) is 0 Å². The van der Waals surface area contributed by atoms with Crippen molar-refractivity contribution in [3.63, 3.8) is 0 Å². The average molecular weight is 249 g/mol. The summed E-state index contributed by atoms with van der Waals surface area (Å²) < 4.78 is 0. The molecular weight excluding hydrogens is 234 g/mol. The summed E-state index contributed by atoms with van der Waals surface area (Å²) in [6, 6.07) is 5.70. The molecule has 2 rings (SSSR count). The van der Waals surface area contributed by atoms with Crippen LogP contribution in [0.3, 0.4) is 0 Å². The molecule has 6 nitrogen and oxygen atoms in total. The molecule has 0 radical (unpaired) electrons. The van der Waals surface area contributed by atoms with Gasteiger partial charge in [-0.3, -0.25) is 9.59 Å². The lowest BCUT2D eigenvalue weighted by Gasteiger charge is -2.22. The maximum absolute atomic E-state index is 11.7. The van der Waals surface area contributed by atoms with E-state index in [-0.39, 0.29) is 24.0 Å². The highest BCUT2D eigenvalue weighted by atomic mass is 16.3. The first-order valence-electron chi connectivity index (χ1n) is 5.75. The molecule has 1 fully saturated rings. The Morgan fingerprint density at radius 1 is 1.33 bits per heavy atom. The fourth-order valence-corrected chi connectivity index (χ4v) is 1.76. The van der Waals surface area contributed by atoms with Gasteiger partial charge in [0.15, 0.2) is 0 Å². The third-order valence-corrected chi connectivity index (χ3v) is 2.67. The van der Waals surface area contributed by atoms with Gasteiger partial charge < -0.3 is 21.1 Å². The van der Waals surface area contributed by atoms with Gasteiger partial charge in [0.2, 0.25) is 11.8 Å². The van der Waals surface area contributed by atoms with Crippen molar-refractivity contribution in [3.05, 3.63) is 24.3 Å². The number of phenols is 1. The van der Waals surface area contributed by atoms with Crippen molar-refractivity contribution >= 4 is 17.5 Å². The molecule has 0 aromatic heterocycles. The van der Waals surface area contributed by atoms with Crippen LogP contribution < -0.4 is 16.0 Å². The minimum atomic E-state index is -0.476. The SMILES string of the molecule is O=C(C[C@H]1NCCNC1=O)Nc1ccc(O)cc1. The number of benzene rings is 1. The van der Waals surface area contributed by atoms with Crippen LogP contribution in [0.4, 0.5) is 5.69 Å². The van der Waals surface area contributed by atoms with E-state index in [2.05, 4.69) is 16.0 Å². The number of hydrogen-bond donors (Lipinski definition) is 4. The van der Waals surface area contributed by atoms with E-state index in [1.807, 2.05) is 0 Å². The molecule has 0 aliphatic carbocycles. The van der Waals surface area contributed by atoms with Gasteiger partial charge >= 0.3 is 0 Å². The molecule has 6 heteroatoms. The summed E-state index contributed by atoms with van der Waals surface area (Å²) >= 11 is 0. The van der Waals surface area contributed by atoms with Gasteiger partial charge in [-0.2, -0.15) is 0 Å². The van der Waals surface area contributed by atoms with Gasteiger partial charge in [-0.1, -0.05) is 0 Å². The Morgan fingerprint density at radius 2 is 2.06 bits per heavy atom. The first-order chi connectivity index (χ1) is 8.65. The lowest BCUT2D eigenvalue weighted by Crippen LogP contribution is -2.53. The maximum Gasteiger partial charge on any atom is 0.237 e. The zero-order valence-corrected chi connectivity index (χ0v) is 9.77. The molecule has 96 valence electrons. The van der Waals surface area contributed by atoms with Crippen LogP contribution in [0.1, 0.15) is 6.42 Å². The molecule has 18 heavy (non-hydrogen) atoms. The summed E-state index contributed by atoms with van der Waals surface area (Å²) in [5.74, 6) is -0.251. The van der Waals surface area contributed by atoms with Crippen LogP contribution in [0.15, 0.2) is 24.3 Å². The third-order valence-electron chi connectivity index (χ3n) is 2.67. The number of anilines is 1. The second kappa shape index (κ2) is 5.50. The molecule has 1 aliphatic heterocycles. The van der Waals surface area contributed by atoms with Crippen molar-refractivity contribution in [1.82, 2.24) is 10.6 Å². The molecule has 4 N–H and O–H groups in total. The standard InChI is InChI=1S/C12H15N3O3/c16-9-3-1-8(2-4-9)15-11(17)7-10-12(18)14-6-5-13-10/h1-4,10,13,16H,5-7H2,(H,14,18)(H,15,17)/t10-/m1/s1. The minimum absolute atomic E-state index is 0.0900. The highest BCUT2D eigenvalue weighted by Gasteiger charge is 2.23. The highest BCUT2D eigenvalue weighted by Crippen LogP contribution is 2.14. The number of hydrogen-bond acceptors (Lipinski definition) is 4. The van der Waals surface area contributed by atoms with Crippen molar-refractivity contribution < 1.29 is 14.7 Å². The Kier molecular flexibility index (Phi) is 3.78. The number of carbonyl (C=O) groups is 2. The monoisotopic (exact) mass is 249 g/mol. The molecule has 2 amide bonds. The van der Waals surface area contributed by atoms with Gasteiger partial charge in [-0.05, 0) is 24.3 Å². The summed E-state index contributed by atoms with van der Waals surface area (Å²) in [5.41, 5.74) is 0.592. The number of amides is 2. The van der Waals surface area contributed by atoms with Crippen LogP contribution in [-0.4, -0.2) is 36.1 Å². The molecule has 0 saturated carbocycles. The van der Waals surface area contributed by atoms with Crippen LogP contribution in [0.25, 0.3) is 0 Å². The van der Waals surface area contributed by atoms with Crippen molar-refractivity contribution in [2.45, 2.75) is 12.5 Å². The second-order valence-corrected chi connectivity index (χ2v) is 4.10. The third kappa shape index (κ3) is 3.21. The van der Waals surface area contributed by atoms with Gasteiger partial charge in [-0.25, -0.2) is 0 Å². The van der Waals surface area contributed by atoms with E-state index in [0.29, 0.717) is 18.8 Å². The number of carbonyl (C=O) groups excluding carboxylic acids is 2. The molecule has 1 aliphatic rings. The van der Waals surface area contributed by atoms with Crippen molar-refractivity contribution in [1.29, 1.82) is 0 Å². The number of aromatic hydroxyl groups is 1. The molecular formula is C12H15N3O3. The summed E-state index contributed by atoms with van der Waals surface area (Å²) in [6.45, 7) is 1.26. The Hall–Kier alpha value is -2.08. The largest absolute Gasteiger partial charge is 0.508 e. The molecule has 1 heterocycles. The Bertz CT molecular complexity index is 444. The summed E-state index contributed by atoms with van der Waals surface area (Å²) in [6.07, 6.45) is 0.0900. The van der Waals surface area contributed by atoms with E-state index < -0.39 is 6.04 Å². The smallest absolute Gasteiger partial charge is 0.237 e. The zero-order valence-electron chi connectivity index (χ0n) is 9.77. The fraction of sp³-hybridized carbons (Fsp3) is 0.333. The fourth-order valence-electron chi connectivity index (χ4n) is 1.76. The van der Waals surface area contributed by atoms with Gasteiger partial charge in [0.05, 0.1) is 12.5 Å². The average Bonchev–Trinajstić information content (AvgIpc) is 2.35. The van der Waals surface area contributed by atoms with Crippen molar-refractivity contribution in [2.24, 2.45) is 0 Å². The van der Waals surface area contributed by atoms with Crippen molar-refractivity contribution in [3.8, 4) is 5.75 Å². The van der Waals surface area contributed by atoms with Gasteiger partial charge in [0, 0.05) is 18.8 Å². The molecule has 1 saturated heterocycles. The van der Waals surface area contributed by atoms with Gasteiger partial charge in [0.25, 0.3) is 0 Å². The molecule has 1 aromatic carbocycles. The number of nitrogens with one attached hydrogen (secondary N) is 3. The first kappa shape index (κ1) is 12.4.